The van der Waals surface area contributed by atoms with Crippen LogP contribution in [0.15, 0.2) is 24.3 Å². The highest BCUT2D eigenvalue weighted by Gasteiger charge is 2.44. The zero-order chi connectivity index (χ0) is 41.1. The van der Waals surface area contributed by atoms with E-state index in [4.69, 9.17) is 9.47 Å². The van der Waals surface area contributed by atoms with E-state index in [1.807, 2.05) is 6.08 Å². The Hall–Kier alpha value is -1.37. The molecule has 0 spiro atoms. The van der Waals surface area contributed by atoms with Crippen LogP contribution in [0.5, 0.6) is 0 Å². The number of hydrogen-bond donors (Lipinski definition) is 7. The quantitative estimate of drug-likeness (QED) is 0.0239. The molecule has 1 aliphatic rings. The van der Waals surface area contributed by atoms with Gasteiger partial charge in [-0.2, -0.15) is 0 Å². The molecule has 1 aliphatic heterocycles. The molecule has 0 bridgehead atoms. The maximum Gasteiger partial charge on any atom is 0.249 e. The van der Waals surface area contributed by atoms with Gasteiger partial charge in [0.2, 0.25) is 5.91 Å². The van der Waals surface area contributed by atoms with Crippen LogP contribution in [0, 0.1) is 0 Å². The molecule has 8 atom stereocenters. The standard InChI is InChI=1S/C46H87NO9/c1-3-5-7-9-11-13-15-16-17-18-19-20-21-22-23-25-27-29-31-33-35-40(50)45(54)47-38(37-55-46-44(53)43(52)42(51)41(36-48)56-46)39(49)34-32-30-28-26-24-14-12-10-8-6-4-2/h24,26,32,34,38-44,46,48-53H,3-23,25,27-31,33,35-37H2,1-2H3,(H,47,54)/b26-24+,34-32+. The van der Waals surface area contributed by atoms with Gasteiger partial charge in [0.05, 0.1) is 25.4 Å². The number of aliphatic hydroxyl groups is 6. The number of aliphatic hydroxyl groups excluding tert-OH is 6. The minimum Gasteiger partial charge on any atom is -0.394 e. The second kappa shape index (κ2) is 36.7. The SMILES string of the molecule is CCCCCCC/C=C/CC/C=C/C(O)C(COC1OC(CO)C(O)C(O)C1O)NC(=O)C(O)CCCCCCCCCCCCCCCCCCCCCC. The minimum absolute atomic E-state index is 0.307. The van der Waals surface area contributed by atoms with Gasteiger partial charge in [0.15, 0.2) is 6.29 Å². The van der Waals surface area contributed by atoms with Crippen LogP contribution in [0.3, 0.4) is 0 Å². The summed E-state index contributed by atoms with van der Waals surface area (Å²) in [4.78, 5) is 13.0. The first-order chi connectivity index (χ1) is 27.3. The van der Waals surface area contributed by atoms with E-state index >= 15 is 0 Å². The van der Waals surface area contributed by atoms with E-state index in [0.717, 1.165) is 32.1 Å². The number of carbonyl (C=O) groups excluding carboxylic acids is 1. The lowest BCUT2D eigenvalue weighted by Crippen LogP contribution is -2.60. The van der Waals surface area contributed by atoms with Gasteiger partial charge in [0.25, 0.3) is 0 Å². The first-order valence-electron chi connectivity index (χ1n) is 23.2. The number of ether oxygens (including phenoxy) is 2. The molecule has 0 radical (unpaired) electrons. The zero-order valence-corrected chi connectivity index (χ0v) is 35.8. The molecule has 1 fully saturated rings. The van der Waals surface area contributed by atoms with Crippen LogP contribution in [0.2, 0.25) is 0 Å². The van der Waals surface area contributed by atoms with Crippen molar-refractivity contribution in [1.82, 2.24) is 5.32 Å². The van der Waals surface area contributed by atoms with Crippen molar-refractivity contribution in [2.24, 2.45) is 0 Å². The fourth-order valence-corrected chi connectivity index (χ4v) is 7.30. The molecule has 0 aliphatic carbocycles. The van der Waals surface area contributed by atoms with Crippen molar-refractivity contribution < 1.29 is 44.9 Å². The topological polar surface area (TPSA) is 169 Å². The third-order valence-corrected chi connectivity index (χ3v) is 11.1. The summed E-state index contributed by atoms with van der Waals surface area (Å²) >= 11 is 0. The van der Waals surface area contributed by atoms with E-state index in [1.165, 1.54) is 135 Å². The van der Waals surface area contributed by atoms with Gasteiger partial charge in [-0.05, 0) is 32.1 Å². The lowest BCUT2D eigenvalue weighted by molar-refractivity contribution is -0.302. The van der Waals surface area contributed by atoms with Gasteiger partial charge in [0.1, 0.15) is 30.5 Å². The Balaban J connectivity index is 2.36. The lowest BCUT2D eigenvalue weighted by atomic mass is 9.99. The van der Waals surface area contributed by atoms with Crippen LogP contribution in [0.25, 0.3) is 0 Å². The van der Waals surface area contributed by atoms with E-state index < -0.39 is 61.5 Å². The monoisotopic (exact) mass is 798 g/mol. The molecule has 0 aromatic heterocycles. The highest BCUT2D eigenvalue weighted by molar-refractivity contribution is 5.80. The van der Waals surface area contributed by atoms with Crippen LogP contribution in [0.4, 0.5) is 0 Å². The average molecular weight is 798 g/mol. The summed E-state index contributed by atoms with van der Waals surface area (Å²) in [6, 6.07) is -0.991. The predicted octanol–water partition coefficient (Wildman–Crippen LogP) is 8.47. The van der Waals surface area contributed by atoms with Crippen molar-refractivity contribution in [2.45, 2.75) is 249 Å². The molecule has 0 aromatic rings. The molecular weight excluding hydrogens is 711 g/mol. The second-order valence-corrected chi connectivity index (χ2v) is 16.3. The summed E-state index contributed by atoms with van der Waals surface area (Å²) in [6.07, 6.45) is 32.8. The third kappa shape index (κ3) is 26.6. The van der Waals surface area contributed by atoms with Gasteiger partial charge >= 0.3 is 0 Å². The summed E-state index contributed by atoms with van der Waals surface area (Å²) in [5.41, 5.74) is 0. The molecule has 10 heteroatoms. The van der Waals surface area contributed by atoms with E-state index in [0.29, 0.717) is 19.3 Å². The van der Waals surface area contributed by atoms with Gasteiger partial charge in [0, 0.05) is 0 Å². The van der Waals surface area contributed by atoms with Crippen molar-refractivity contribution in [1.29, 1.82) is 0 Å². The van der Waals surface area contributed by atoms with E-state index in [-0.39, 0.29) is 6.61 Å². The van der Waals surface area contributed by atoms with Crippen LogP contribution < -0.4 is 5.32 Å². The Labute approximate surface area is 341 Å². The van der Waals surface area contributed by atoms with Crippen LogP contribution in [-0.4, -0.2) is 98.7 Å². The Morgan fingerprint density at radius 2 is 1.05 bits per heavy atom. The first-order valence-corrected chi connectivity index (χ1v) is 23.2. The molecular formula is C46H87NO9. The maximum atomic E-state index is 13.0. The molecule has 330 valence electrons. The second-order valence-electron chi connectivity index (χ2n) is 16.3. The fourth-order valence-electron chi connectivity index (χ4n) is 7.30. The largest absolute Gasteiger partial charge is 0.394 e. The molecule has 7 N–H and O–H groups in total. The van der Waals surface area contributed by atoms with Gasteiger partial charge in [-0.25, -0.2) is 0 Å². The minimum atomic E-state index is -1.61. The summed E-state index contributed by atoms with van der Waals surface area (Å²) < 4.78 is 11.1. The molecule has 1 rings (SSSR count). The van der Waals surface area contributed by atoms with Crippen molar-refractivity contribution in [2.75, 3.05) is 13.2 Å². The Bertz CT molecular complexity index is 948. The number of carbonyl (C=O) groups is 1. The summed E-state index contributed by atoms with van der Waals surface area (Å²) in [5, 5.41) is 64.5. The van der Waals surface area contributed by atoms with Gasteiger partial charge < -0.3 is 45.4 Å². The van der Waals surface area contributed by atoms with Gasteiger partial charge in [-0.1, -0.05) is 192 Å². The van der Waals surface area contributed by atoms with Gasteiger partial charge in [-0.15, -0.1) is 0 Å². The first kappa shape index (κ1) is 52.6. The molecule has 1 heterocycles. The molecule has 1 amide bonds. The highest BCUT2D eigenvalue weighted by atomic mass is 16.7. The van der Waals surface area contributed by atoms with Crippen LogP contribution in [-0.2, 0) is 14.3 Å². The summed E-state index contributed by atoms with van der Waals surface area (Å²) in [6.45, 7) is 3.56. The smallest absolute Gasteiger partial charge is 0.249 e. The van der Waals surface area contributed by atoms with Crippen LogP contribution in [0.1, 0.15) is 200 Å². The van der Waals surface area contributed by atoms with Crippen molar-refractivity contribution in [3.05, 3.63) is 24.3 Å². The van der Waals surface area contributed by atoms with E-state index in [2.05, 4.69) is 31.3 Å². The van der Waals surface area contributed by atoms with Crippen LogP contribution >= 0.6 is 0 Å². The molecule has 8 unspecified atom stereocenters. The predicted molar refractivity (Wildman–Crippen MR) is 227 cm³/mol. The molecule has 1 saturated heterocycles. The number of rotatable bonds is 38. The number of hydrogen-bond acceptors (Lipinski definition) is 9. The Morgan fingerprint density at radius 3 is 1.55 bits per heavy atom. The number of amides is 1. The van der Waals surface area contributed by atoms with Gasteiger partial charge in [-0.3, -0.25) is 4.79 Å². The highest BCUT2D eigenvalue weighted by Crippen LogP contribution is 2.23. The zero-order valence-electron chi connectivity index (χ0n) is 35.8. The fraction of sp³-hybridized carbons (Fsp3) is 0.891. The number of unbranched alkanes of at least 4 members (excludes halogenated alkanes) is 25. The molecule has 56 heavy (non-hydrogen) atoms. The van der Waals surface area contributed by atoms with Crippen molar-refractivity contribution in [3.8, 4) is 0 Å². The third-order valence-electron chi connectivity index (χ3n) is 11.1. The normalized spacial score (nSPS) is 21.9. The van der Waals surface area contributed by atoms with E-state index in [1.54, 1.807) is 6.08 Å². The molecule has 10 nitrogen and oxygen atoms in total. The summed E-state index contributed by atoms with van der Waals surface area (Å²) in [5.74, 6) is -0.625. The Kier molecular flexibility index (Phi) is 34.5. The average Bonchev–Trinajstić information content (AvgIpc) is 3.20. The molecule has 0 saturated carbocycles. The molecule has 0 aromatic carbocycles. The number of allylic oxidation sites excluding steroid dienone is 3. The maximum absolute atomic E-state index is 13.0. The lowest BCUT2D eigenvalue weighted by Gasteiger charge is -2.40. The van der Waals surface area contributed by atoms with Crippen molar-refractivity contribution in [3.63, 3.8) is 0 Å². The van der Waals surface area contributed by atoms with Crippen molar-refractivity contribution >= 4 is 5.91 Å². The number of nitrogens with one attached hydrogen (secondary N) is 1. The Morgan fingerprint density at radius 1 is 0.607 bits per heavy atom. The van der Waals surface area contributed by atoms with E-state index in [9.17, 15) is 35.4 Å². The summed E-state index contributed by atoms with van der Waals surface area (Å²) in [7, 11) is 0.